The van der Waals surface area contributed by atoms with Gasteiger partial charge in [-0.3, -0.25) is 0 Å². The van der Waals surface area contributed by atoms with Crippen LogP contribution in [-0.2, 0) is 0 Å². The number of benzene rings is 2. The first-order valence-electron chi connectivity index (χ1n) is 7.38. The largest absolute Gasteiger partial charge is 0.497 e. The molecule has 1 heterocycles. The van der Waals surface area contributed by atoms with Gasteiger partial charge in [0.05, 0.1) is 18.9 Å². The summed E-state index contributed by atoms with van der Waals surface area (Å²) in [5.74, 6) is 0.599. The molecule has 1 aliphatic rings. The zero-order valence-electron chi connectivity index (χ0n) is 12.8. The van der Waals surface area contributed by atoms with E-state index in [0.717, 1.165) is 22.6 Å². The molecule has 114 valence electrons. The van der Waals surface area contributed by atoms with Crippen molar-refractivity contribution in [1.82, 2.24) is 0 Å². The highest BCUT2D eigenvalue weighted by atomic mass is 16.5. The van der Waals surface area contributed by atoms with Crippen LogP contribution in [0.1, 0.15) is 17.0 Å². The van der Waals surface area contributed by atoms with Crippen molar-refractivity contribution in [3.8, 4) is 11.8 Å². The summed E-state index contributed by atoms with van der Waals surface area (Å²) in [7, 11) is 1.63. The molecule has 0 aromatic heterocycles. The van der Waals surface area contributed by atoms with Crippen molar-refractivity contribution in [3.63, 3.8) is 0 Å². The van der Waals surface area contributed by atoms with E-state index in [2.05, 4.69) is 11.1 Å². The minimum absolute atomic E-state index is 0.101. The predicted molar refractivity (Wildman–Crippen MR) is 90.9 cm³/mol. The van der Waals surface area contributed by atoms with Crippen LogP contribution in [0.3, 0.4) is 0 Å². The van der Waals surface area contributed by atoms with Gasteiger partial charge in [-0.25, -0.2) is 4.99 Å². The molecule has 0 fully saturated rings. The van der Waals surface area contributed by atoms with Crippen molar-refractivity contribution in [2.24, 2.45) is 16.6 Å². The number of hydrogen-bond acceptors (Lipinski definition) is 4. The minimum Gasteiger partial charge on any atom is -0.497 e. The van der Waals surface area contributed by atoms with Crippen LogP contribution in [0.4, 0.5) is 0 Å². The van der Waals surface area contributed by atoms with E-state index in [9.17, 15) is 5.26 Å². The molecule has 3 rings (SSSR count). The second-order valence-electron chi connectivity index (χ2n) is 5.36. The second-order valence-corrected chi connectivity index (χ2v) is 5.36. The maximum Gasteiger partial charge on any atom is 0.118 e. The van der Waals surface area contributed by atoms with E-state index >= 15 is 0 Å². The molecule has 2 aromatic rings. The normalized spacial score (nSPS) is 20.2. The van der Waals surface area contributed by atoms with Crippen molar-refractivity contribution in [3.05, 3.63) is 71.8 Å². The molecule has 0 aliphatic carbocycles. The number of allylic oxidation sites excluding steroid dienone is 1. The quantitative estimate of drug-likeness (QED) is 0.945. The Morgan fingerprint density at radius 3 is 2.39 bits per heavy atom. The topological polar surface area (TPSA) is 71.4 Å². The highest BCUT2D eigenvalue weighted by Gasteiger charge is 2.29. The third kappa shape index (κ3) is 2.95. The van der Waals surface area contributed by atoms with Gasteiger partial charge in [0.25, 0.3) is 0 Å². The van der Waals surface area contributed by atoms with Crippen molar-refractivity contribution < 1.29 is 4.74 Å². The molecule has 0 bridgehead atoms. The molecule has 0 saturated carbocycles. The molecule has 4 heteroatoms. The van der Waals surface area contributed by atoms with Crippen molar-refractivity contribution >= 4 is 11.5 Å². The lowest BCUT2D eigenvalue weighted by atomic mass is 9.83. The zero-order chi connectivity index (χ0) is 16.2. The number of rotatable bonds is 3. The standard InChI is InChI=1S/C19H17N3O/c1-23-15-9-7-14(8-10-15)18-11-16(13-5-3-2-4-6-13)17(12-20)19(21)22-18/h2-11,16-17H,1H3,(H2,21,22)/t16-,17-/m1/s1. The first-order valence-corrected chi connectivity index (χ1v) is 7.38. The van der Waals surface area contributed by atoms with Crippen molar-refractivity contribution in [2.75, 3.05) is 7.11 Å². The summed E-state index contributed by atoms with van der Waals surface area (Å²) < 4.78 is 5.18. The number of nitrogens with two attached hydrogens (primary N) is 1. The smallest absolute Gasteiger partial charge is 0.118 e. The fraction of sp³-hybridized carbons (Fsp3) is 0.158. The summed E-state index contributed by atoms with van der Waals surface area (Å²) in [6.07, 6.45) is 2.02. The van der Waals surface area contributed by atoms with Crippen molar-refractivity contribution in [1.29, 1.82) is 5.26 Å². The maximum atomic E-state index is 9.46. The molecule has 1 aliphatic heterocycles. The lowest BCUT2D eigenvalue weighted by molar-refractivity contribution is 0.415. The van der Waals surface area contributed by atoms with Gasteiger partial charge in [-0.2, -0.15) is 5.26 Å². The summed E-state index contributed by atoms with van der Waals surface area (Å²) in [6, 6.07) is 19.8. The summed E-state index contributed by atoms with van der Waals surface area (Å²) in [4.78, 5) is 4.43. The Bertz CT molecular complexity index is 786. The molecule has 2 atom stereocenters. The molecule has 0 amide bonds. The van der Waals surface area contributed by atoms with Gasteiger partial charge in [0.1, 0.15) is 17.5 Å². The van der Waals surface area contributed by atoms with Crippen LogP contribution in [0.2, 0.25) is 0 Å². The van der Waals surface area contributed by atoms with E-state index in [0.29, 0.717) is 5.84 Å². The highest BCUT2D eigenvalue weighted by molar-refractivity contribution is 5.93. The average molecular weight is 303 g/mol. The van der Waals surface area contributed by atoms with E-state index in [4.69, 9.17) is 10.5 Å². The SMILES string of the molecule is COc1ccc(C2=C[C@H](c3ccccc3)[C@@H](C#N)C(N)=N2)cc1. The number of hydrogen-bond donors (Lipinski definition) is 1. The van der Waals surface area contributed by atoms with Crippen LogP contribution in [0.25, 0.3) is 5.70 Å². The van der Waals surface area contributed by atoms with Crippen LogP contribution in [0.15, 0.2) is 65.7 Å². The second kappa shape index (κ2) is 6.37. The van der Waals surface area contributed by atoms with Gasteiger partial charge >= 0.3 is 0 Å². The van der Waals surface area contributed by atoms with Gasteiger partial charge in [-0.05, 0) is 35.9 Å². The molecule has 0 spiro atoms. The number of nitriles is 1. The molecule has 2 N–H and O–H groups in total. The summed E-state index contributed by atoms with van der Waals surface area (Å²) in [5.41, 5.74) is 8.85. The van der Waals surface area contributed by atoms with E-state index in [-0.39, 0.29) is 5.92 Å². The van der Waals surface area contributed by atoms with E-state index in [1.54, 1.807) is 7.11 Å². The first-order chi connectivity index (χ1) is 11.2. The molecule has 2 aromatic carbocycles. The number of amidine groups is 1. The highest BCUT2D eigenvalue weighted by Crippen LogP contribution is 2.34. The minimum atomic E-state index is -0.445. The third-order valence-corrected chi connectivity index (χ3v) is 3.97. The Morgan fingerprint density at radius 2 is 1.78 bits per heavy atom. The Balaban J connectivity index is 2.03. The van der Waals surface area contributed by atoms with Gasteiger partial charge in [0, 0.05) is 11.5 Å². The maximum absolute atomic E-state index is 9.46. The van der Waals surface area contributed by atoms with Crippen LogP contribution < -0.4 is 10.5 Å². The molecular weight excluding hydrogens is 286 g/mol. The predicted octanol–water partition coefficient (Wildman–Crippen LogP) is 3.33. The van der Waals surface area contributed by atoms with E-state index in [1.165, 1.54) is 0 Å². The number of ether oxygens (including phenoxy) is 1. The molecule has 0 unspecified atom stereocenters. The van der Waals surface area contributed by atoms with E-state index in [1.807, 2.05) is 60.7 Å². The van der Waals surface area contributed by atoms with Gasteiger partial charge in [-0.15, -0.1) is 0 Å². The molecule has 0 radical (unpaired) electrons. The Hall–Kier alpha value is -3.06. The number of methoxy groups -OCH3 is 1. The average Bonchev–Trinajstić information content (AvgIpc) is 2.62. The van der Waals surface area contributed by atoms with Gasteiger partial charge < -0.3 is 10.5 Å². The third-order valence-electron chi connectivity index (χ3n) is 3.97. The van der Waals surface area contributed by atoms with Gasteiger partial charge in [0.15, 0.2) is 0 Å². The monoisotopic (exact) mass is 303 g/mol. The van der Waals surface area contributed by atoms with Gasteiger partial charge in [-0.1, -0.05) is 30.3 Å². The van der Waals surface area contributed by atoms with Gasteiger partial charge in [0.2, 0.25) is 0 Å². The van der Waals surface area contributed by atoms with Crippen molar-refractivity contribution in [2.45, 2.75) is 5.92 Å². The summed E-state index contributed by atoms with van der Waals surface area (Å²) >= 11 is 0. The molecule has 23 heavy (non-hydrogen) atoms. The number of nitrogens with zero attached hydrogens (tertiary/aromatic N) is 2. The van der Waals surface area contributed by atoms with E-state index < -0.39 is 5.92 Å². The van der Waals surface area contributed by atoms with Crippen LogP contribution >= 0.6 is 0 Å². The number of aliphatic imine (C=N–C) groups is 1. The Kier molecular flexibility index (Phi) is 4.11. The lowest BCUT2D eigenvalue weighted by Crippen LogP contribution is -2.30. The summed E-state index contributed by atoms with van der Waals surface area (Å²) in [6.45, 7) is 0. The lowest BCUT2D eigenvalue weighted by Gasteiger charge is -2.24. The zero-order valence-corrected chi connectivity index (χ0v) is 12.8. The summed E-state index contributed by atoms with van der Waals surface area (Å²) in [5, 5.41) is 9.46. The Labute approximate surface area is 135 Å². The molecule has 4 nitrogen and oxygen atoms in total. The van der Waals surface area contributed by atoms with Crippen LogP contribution in [0.5, 0.6) is 5.75 Å². The fourth-order valence-corrected chi connectivity index (χ4v) is 2.73. The molecular formula is C19H17N3O. The Morgan fingerprint density at radius 1 is 1.09 bits per heavy atom. The first kappa shape index (κ1) is 14.9. The fourth-order valence-electron chi connectivity index (χ4n) is 2.73. The molecule has 0 saturated heterocycles. The van der Waals surface area contributed by atoms with Crippen LogP contribution in [0, 0.1) is 17.2 Å². The van der Waals surface area contributed by atoms with Crippen LogP contribution in [-0.4, -0.2) is 12.9 Å².